The van der Waals surface area contributed by atoms with E-state index in [1.807, 2.05) is 0 Å². The summed E-state index contributed by atoms with van der Waals surface area (Å²) in [5.41, 5.74) is -1.78. The molecule has 14 nitrogen and oxygen atoms in total. The smallest absolute Gasteiger partial charge is 0.339 e. The van der Waals surface area contributed by atoms with Gasteiger partial charge in [0.25, 0.3) is 0 Å². The fourth-order valence-electron chi connectivity index (χ4n) is 10.1. The molecular formula is C68H112O14. The van der Waals surface area contributed by atoms with Gasteiger partial charge in [-0.15, -0.1) is 0 Å². The Morgan fingerprint density at radius 1 is 0.317 bits per heavy atom. The van der Waals surface area contributed by atoms with Crippen LogP contribution in [0.25, 0.3) is 0 Å². The minimum atomic E-state index is -1.36. The van der Waals surface area contributed by atoms with Crippen molar-refractivity contribution >= 4 is 41.8 Å². The van der Waals surface area contributed by atoms with Crippen LogP contribution in [0.15, 0.2) is 36.4 Å². The number of benzene rings is 2. The lowest BCUT2D eigenvalue weighted by Crippen LogP contribution is -2.30. The summed E-state index contributed by atoms with van der Waals surface area (Å²) < 4.78 is 10.3. The van der Waals surface area contributed by atoms with Crippen LogP contribution in [0.3, 0.4) is 0 Å². The lowest BCUT2D eigenvalue weighted by Gasteiger charge is -2.28. The monoisotopic (exact) mass is 1150 g/mol. The highest BCUT2D eigenvalue weighted by molar-refractivity contribution is 6.05. The molecule has 468 valence electrons. The zero-order chi connectivity index (χ0) is 61.1. The third kappa shape index (κ3) is 37.8. The Hall–Kier alpha value is -5.27. The Bertz CT molecular complexity index is 1920. The van der Waals surface area contributed by atoms with Crippen molar-refractivity contribution in [3.8, 4) is 0 Å². The number of carboxylic acid groups (broad SMARTS) is 5. The molecule has 0 fully saturated rings. The van der Waals surface area contributed by atoms with Crippen LogP contribution in [0.2, 0.25) is 0 Å². The van der Waals surface area contributed by atoms with E-state index in [1.54, 1.807) is 0 Å². The molecule has 0 saturated carbocycles. The molecule has 0 heterocycles. The van der Waals surface area contributed by atoms with E-state index in [-0.39, 0.29) is 46.6 Å². The predicted octanol–water partition coefficient (Wildman–Crippen LogP) is 19.6. The third-order valence-electron chi connectivity index (χ3n) is 15.5. The highest BCUT2D eigenvalue weighted by atomic mass is 16.5. The zero-order valence-electron chi connectivity index (χ0n) is 51.8. The van der Waals surface area contributed by atoms with Crippen molar-refractivity contribution in [1.82, 2.24) is 0 Å². The third-order valence-corrected chi connectivity index (χ3v) is 15.5. The van der Waals surface area contributed by atoms with E-state index >= 15 is 0 Å². The average molecular weight is 1150 g/mol. The number of carbonyl (C=O) groups is 7. The summed E-state index contributed by atoms with van der Waals surface area (Å²) >= 11 is 0. The number of carboxylic acids is 5. The summed E-state index contributed by atoms with van der Waals surface area (Å²) in [6, 6.07) is 6.74. The molecule has 0 bridgehead atoms. The second kappa shape index (κ2) is 51.4. The number of hydrogen-bond donors (Lipinski definition) is 5. The Kier molecular flexibility index (Phi) is 48.1. The molecule has 0 radical (unpaired) electrons. The molecule has 0 spiro atoms. The summed E-state index contributed by atoms with van der Waals surface area (Å²) in [5.74, 6) is -7.23. The fourth-order valence-corrected chi connectivity index (χ4v) is 10.1. The SMILES string of the molecule is CCCCCCCCCCCCCCC(CC)(CCCCCC)C(=O)O.CCCCCCCCCCCCCOC(=O)c1ccc(C(=O)O)cc1C(=O)O.CCCCCCCCCCCCCOC(=O)c1ccc(C(=O)O)cc1C(=O)O. The lowest BCUT2D eigenvalue weighted by molar-refractivity contribution is -0.150. The van der Waals surface area contributed by atoms with Crippen LogP contribution >= 0.6 is 0 Å². The van der Waals surface area contributed by atoms with Crippen molar-refractivity contribution in [2.45, 2.75) is 298 Å². The van der Waals surface area contributed by atoms with Gasteiger partial charge in [0.05, 0.1) is 52.0 Å². The number of carbonyl (C=O) groups excluding carboxylic acids is 2. The molecule has 1 unspecified atom stereocenters. The van der Waals surface area contributed by atoms with Crippen LogP contribution < -0.4 is 0 Å². The van der Waals surface area contributed by atoms with Crippen LogP contribution in [0.4, 0.5) is 0 Å². The number of ether oxygens (including phenoxy) is 2. The molecule has 2 rings (SSSR count). The molecule has 2 aromatic rings. The summed E-state index contributed by atoms with van der Waals surface area (Å²) in [6.45, 7) is 11.4. The Labute approximate surface area is 494 Å². The second-order valence-electron chi connectivity index (χ2n) is 22.5. The summed E-state index contributed by atoms with van der Waals surface area (Å²) in [5, 5.41) is 46.0. The topological polar surface area (TPSA) is 239 Å². The quantitative estimate of drug-likeness (QED) is 0.0306. The number of hydrogen-bond acceptors (Lipinski definition) is 9. The van der Waals surface area contributed by atoms with Crippen molar-refractivity contribution < 1.29 is 68.6 Å². The first kappa shape index (κ1) is 76.7. The van der Waals surface area contributed by atoms with Crippen LogP contribution in [0, 0.1) is 5.41 Å². The van der Waals surface area contributed by atoms with Crippen LogP contribution in [0.1, 0.15) is 360 Å². The van der Waals surface area contributed by atoms with Crippen molar-refractivity contribution in [2.75, 3.05) is 13.2 Å². The van der Waals surface area contributed by atoms with Gasteiger partial charge < -0.3 is 35.0 Å². The largest absolute Gasteiger partial charge is 0.481 e. The molecule has 0 aliphatic heterocycles. The highest BCUT2D eigenvalue weighted by Crippen LogP contribution is 2.36. The predicted molar refractivity (Wildman–Crippen MR) is 329 cm³/mol. The molecule has 5 N–H and O–H groups in total. The number of unbranched alkanes of at least 4 members (excludes halogenated alkanes) is 34. The Morgan fingerprint density at radius 2 is 0.561 bits per heavy atom. The fraction of sp³-hybridized carbons (Fsp3) is 0.721. The first-order valence-corrected chi connectivity index (χ1v) is 32.4. The zero-order valence-corrected chi connectivity index (χ0v) is 51.8. The van der Waals surface area contributed by atoms with E-state index in [2.05, 4.69) is 34.6 Å². The molecular weight excluding hydrogens is 1040 g/mol. The normalized spacial score (nSPS) is 11.6. The number of rotatable bonds is 50. The van der Waals surface area contributed by atoms with E-state index in [1.165, 1.54) is 217 Å². The first-order valence-electron chi connectivity index (χ1n) is 32.4. The standard InChI is InChI=1S/C24H48O2.2C22H32O6/c1-4-7-9-11-12-13-14-15-16-17-18-20-22-24(6-3,23(25)26)21-19-10-8-5-2;2*1-2-3-4-5-6-7-8-9-10-11-12-15-28-22(27)18-14-13-17(20(23)24)16-19(18)21(25)26/h4-22H2,1-3H3,(H,25,26);2*13-14,16H,2-12,15H2,1H3,(H,23,24)(H,25,26). The number of aromatic carboxylic acids is 4. The van der Waals surface area contributed by atoms with Gasteiger partial charge in [-0.3, -0.25) is 4.79 Å². The minimum Gasteiger partial charge on any atom is -0.481 e. The van der Waals surface area contributed by atoms with E-state index < -0.39 is 47.2 Å². The van der Waals surface area contributed by atoms with Gasteiger partial charge in [0.1, 0.15) is 0 Å². The van der Waals surface area contributed by atoms with Gasteiger partial charge >= 0.3 is 41.8 Å². The van der Waals surface area contributed by atoms with Gasteiger partial charge in [0.15, 0.2) is 0 Å². The summed E-state index contributed by atoms with van der Waals surface area (Å²) in [7, 11) is 0. The summed E-state index contributed by atoms with van der Waals surface area (Å²) in [6.07, 6.45) is 49.4. The molecule has 0 aromatic heterocycles. The van der Waals surface area contributed by atoms with Gasteiger partial charge in [-0.2, -0.15) is 0 Å². The van der Waals surface area contributed by atoms with Crippen molar-refractivity contribution in [1.29, 1.82) is 0 Å². The van der Waals surface area contributed by atoms with Gasteiger partial charge in [-0.25, -0.2) is 28.8 Å². The van der Waals surface area contributed by atoms with Gasteiger partial charge in [-0.1, -0.05) is 266 Å². The molecule has 82 heavy (non-hydrogen) atoms. The van der Waals surface area contributed by atoms with E-state index in [0.717, 1.165) is 82.8 Å². The molecule has 0 amide bonds. The van der Waals surface area contributed by atoms with Gasteiger partial charge in [0, 0.05) is 0 Å². The second-order valence-corrected chi connectivity index (χ2v) is 22.5. The van der Waals surface area contributed by atoms with Crippen LogP contribution in [-0.4, -0.2) is 80.5 Å². The maximum Gasteiger partial charge on any atom is 0.339 e. The van der Waals surface area contributed by atoms with Crippen molar-refractivity contribution in [2.24, 2.45) is 5.41 Å². The molecule has 0 saturated heterocycles. The minimum absolute atomic E-state index is 0.124. The maximum atomic E-state index is 12.1. The average Bonchev–Trinajstić information content (AvgIpc) is 3.49. The Balaban J connectivity index is 0.00000120. The van der Waals surface area contributed by atoms with Crippen LogP contribution in [-0.2, 0) is 14.3 Å². The molecule has 0 aliphatic rings. The molecule has 14 heteroatoms. The molecule has 1 atom stereocenters. The van der Waals surface area contributed by atoms with E-state index in [4.69, 9.17) is 19.7 Å². The first-order chi connectivity index (χ1) is 39.6. The maximum absolute atomic E-state index is 12.1. The number of esters is 2. The molecule has 2 aromatic carbocycles. The highest BCUT2D eigenvalue weighted by Gasteiger charge is 2.35. The summed E-state index contributed by atoms with van der Waals surface area (Å²) in [4.78, 5) is 80.5. The molecule has 0 aliphatic carbocycles. The van der Waals surface area contributed by atoms with Gasteiger partial charge in [-0.05, 0) is 68.5 Å². The van der Waals surface area contributed by atoms with Crippen molar-refractivity contribution in [3.63, 3.8) is 0 Å². The van der Waals surface area contributed by atoms with Crippen LogP contribution in [0.5, 0.6) is 0 Å². The number of aliphatic carboxylic acids is 1. The van der Waals surface area contributed by atoms with Crippen molar-refractivity contribution in [3.05, 3.63) is 69.8 Å². The van der Waals surface area contributed by atoms with E-state index in [0.29, 0.717) is 0 Å². The Morgan fingerprint density at radius 3 is 0.793 bits per heavy atom. The lowest BCUT2D eigenvalue weighted by atomic mass is 9.76. The van der Waals surface area contributed by atoms with E-state index in [9.17, 15) is 48.9 Å². The van der Waals surface area contributed by atoms with Gasteiger partial charge in [0.2, 0.25) is 0 Å².